The summed E-state index contributed by atoms with van der Waals surface area (Å²) in [5.41, 5.74) is 0.131. The molecule has 2 aliphatic rings. The maximum atomic E-state index is 6.37. The lowest BCUT2D eigenvalue weighted by Crippen LogP contribution is -2.56. The first-order chi connectivity index (χ1) is 9.61. The van der Waals surface area contributed by atoms with Crippen molar-refractivity contribution in [2.75, 3.05) is 13.2 Å². The van der Waals surface area contributed by atoms with Crippen molar-refractivity contribution in [2.24, 2.45) is 17.8 Å². The van der Waals surface area contributed by atoms with Crippen LogP contribution in [0.15, 0.2) is 0 Å². The molecule has 0 bridgehead atoms. The van der Waals surface area contributed by atoms with E-state index >= 15 is 0 Å². The lowest BCUT2D eigenvalue weighted by atomic mass is 9.69. The zero-order chi connectivity index (χ0) is 14.6. The molecule has 2 heteroatoms. The fourth-order valence-corrected chi connectivity index (χ4v) is 5.09. The van der Waals surface area contributed by atoms with E-state index in [-0.39, 0.29) is 5.60 Å². The molecule has 0 radical (unpaired) electrons. The molecule has 3 atom stereocenters. The Kier molecular flexibility index (Phi) is 5.92. The van der Waals surface area contributed by atoms with E-state index in [1.54, 1.807) is 0 Å². The van der Waals surface area contributed by atoms with Gasteiger partial charge in [-0.25, -0.2) is 0 Å². The van der Waals surface area contributed by atoms with Crippen molar-refractivity contribution in [1.82, 2.24) is 5.32 Å². The van der Waals surface area contributed by atoms with E-state index in [9.17, 15) is 0 Å². The highest BCUT2D eigenvalue weighted by molar-refractivity contribution is 5.01. The van der Waals surface area contributed by atoms with Crippen molar-refractivity contribution in [2.45, 2.75) is 84.3 Å². The third-order valence-corrected chi connectivity index (χ3v) is 5.56. The Morgan fingerprint density at radius 1 is 1.05 bits per heavy atom. The van der Waals surface area contributed by atoms with Crippen molar-refractivity contribution < 1.29 is 4.74 Å². The van der Waals surface area contributed by atoms with Crippen LogP contribution in [0.25, 0.3) is 0 Å². The molecule has 20 heavy (non-hydrogen) atoms. The van der Waals surface area contributed by atoms with Crippen LogP contribution < -0.4 is 5.32 Å². The molecule has 2 fully saturated rings. The van der Waals surface area contributed by atoms with E-state index in [4.69, 9.17) is 4.74 Å². The minimum atomic E-state index is 0.131. The smallest absolute Gasteiger partial charge is 0.0837 e. The zero-order valence-electron chi connectivity index (χ0n) is 14.1. The minimum Gasteiger partial charge on any atom is -0.374 e. The second kappa shape index (κ2) is 7.26. The molecule has 0 aliphatic heterocycles. The molecule has 2 rings (SSSR count). The summed E-state index contributed by atoms with van der Waals surface area (Å²) in [5.74, 6) is 2.56. The molecule has 0 saturated heterocycles. The maximum absolute atomic E-state index is 6.37. The summed E-state index contributed by atoms with van der Waals surface area (Å²) in [7, 11) is 0. The molecule has 2 saturated carbocycles. The van der Waals surface area contributed by atoms with Crippen molar-refractivity contribution in [3.05, 3.63) is 0 Å². The average Bonchev–Trinajstić information content (AvgIpc) is 2.84. The van der Waals surface area contributed by atoms with Crippen LogP contribution in [0.5, 0.6) is 0 Å². The Bertz CT molecular complexity index is 275. The predicted octanol–water partition coefficient (Wildman–Crippen LogP) is 4.39. The summed E-state index contributed by atoms with van der Waals surface area (Å²) in [5, 5.41) is 3.84. The van der Waals surface area contributed by atoms with E-state index in [2.05, 4.69) is 33.0 Å². The molecule has 2 nitrogen and oxygen atoms in total. The molecular weight excluding hydrogens is 246 g/mol. The molecule has 118 valence electrons. The number of hydrogen-bond donors (Lipinski definition) is 1. The van der Waals surface area contributed by atoms with Gasteiger partial charge in [0.15, 0.2) is 0 Å². The van der Waals surface area contributed by atoms with Gasteiger partial charge in [-0.15, -0.1) is 0 Å². The minimum absolute atomic E-state index is 0.131. The Morgan fingerprint density at radius 3 is 2.15 bits per heavy atom. The van der Waals surface area contributed by atoms with Crippen LogP contribution in [0.2, 0.25) is 0 Å². The summed E-state index contributed by atoms with van der Waals surface area (Å²) in [4.78, 5) is 0. The first-order valence-corrected chi connectivity index (χ1v) is 8.98. The molecule has 0 heterocycles. The van der Waals surface area contributed by atoms with E-state index in [1.165, 1.54) is 44.9 Å². The summed E-state index contributed by atoms with van der Waals surface area (Å²) >= 11 is 0. The van der Waals surface area contributed by atoms with Gasteiger partial charge in [0, 0.05) is 12.6 Å². The van der Waals surface area contributed by atoms with Gasteiger partial charge in [0.05, 0.1) is 5.60 Å². The van der Waals surface area contributed by atoms with Crippen molar-refractivity contribution in [1.29, 1.82) is 0 Å². The predicted molar refractivity (Wildman–Crippen MR) is 86.0 cm³/mol. The lowest BCUT2D eigenvalue weighted by molar-refractivity contribution is -0.0826. The topological polar surface area (TPSA) is 21.3 Å². The first-order valence-electron chi connectivity index (χ1n) is 8.98. The second-order valence-corrected chi connectivity index (χ2v) is 7.42. The average molecular weight is 281 g/mol. The second-order valence-electron chi connectivity index (χ2n) is 7.42. The number of likely N-dealkylation sites (N-methyl/N-ethyl adjacent to an activating group) is 1. The molecular formula is C18H35NO. The highest BCUT2D eigenvalue weighted by Gasteiger charge is 2.46. The van der Waals surface area contributed by atoms with Crippen LogP contribution in [0, 0.1) is 17.8 Å². The van der Waals surface area contributed by atoms with Gasteiger partial charge in [-0.05, 0) is 63.3 Å². The van der Waals surface area contributed by atoms with Gasteiger partial charge in [0.2, 0.25) is 0 Å². The van der Waals surface area contributed by atoms with E-state index in [1.807, 2.05) is 0 Å². The molecule has 1 N–H and O–H groups in total. The highest BCUT2D eigenvalue weighted by Crippen LogP contribution is 2.44. The Morgan fingerprint density at radius 2 is 1.65 bits per heavy atom. The van der Waals surface area contributed by atoms with Gasteiger partial charge in [-0.2, -0.15) is 0 Å². The first kappa shape index (κ1) is 16.3. The molecule has 3 unspecified atom stereocenters. The normalized spacial score (nSPS) is 35.1. The van der Waals surface area contributed by atoms with Crippen molar-refractivity contribution >= 4 is 0 Å². The summed E-state index contributed by atoms with van der Waals surface area (Å²) in [6, 6.07) is 0.570. The summed E-state index contributed by atoms with van der Waals surface area (Å²) < 4.78 is 6.37. The van der Waals surface area contributed by atoms with E-state index in [0.717, 1.165) is 30.9 Å². The molecule has 0 aromatic heterocycles. The van der Waals surface area contributed by atoms with E-state index in [0.29, 0.717) is 6.04 Å². The quantitative estimate of drug-likeness (QED) is 0.780. The number of ether oxygens (including phenoxy) is 1. The number of rotatable bonds is 6. The van der Waals surface area contributed by atoms with Gasteiger partial charge in [-0.1, -0.05) is 33.6 Å². The molecule has 0 aromatic rings. The molecule has 0 amide bonds. The molecule has 0 aromatic carbocycles. The van der Waals surface area contributed by atoms with Crippen LogP contribution >= 0.6 is 0 Å². The Balaban J connectivity index is 2.15. The van der Waals surface area contributed by atoms with Crippen molar-refractivity contribution in [3.63, 3.8) is 0 Å². The summed E-state index contributed by atoms with van der Waals surface area (Å²) in [6.07, 6.45) is 9.40. The fraction of sp³-hybridized carbons (Fsp3) is 1.00. The molecule has 2 aliphatic carbocycles. The van der Waals surface area contributed by atoms with Gasteiger partial charge in [0.25, 0.3) is 0 Å². The van der Waals surface area contributed by atoms with Gasteiger partial charge in [-0.3, -0.25) is 0 Å². The maximum Gasteiger partial charge on any atom is 0.0837 e. The Labute approximate surface area is 126 Å². The Hall–Kier alpha value is -0.0800. The standard InChI is InChI=1S/C18H35NO/c1-5-19-17(16-12-14(3)11-15(4)13-16)18(20-6-2)9-7-8-10-18/h14-17,19H,5-13H2,1-4H3. The lowest BCUT2D eigenvalue weighted by Gasteiger charge is -2.46. The van der Waals surface area contributed by atoms with Gasteiger partial charge >= 0.3 is 0 Å². The van der Waals surface area contributed by atoms with Crippen LogP contribution in [0.4, 0.5) is 0 Å². The van der Waals surface area contributed by atoms with Crippen molar-refractivity contribution in [3.8, 4) is 0 Å². The number of nitrogens with one attached hydrogen (secondary N) is 1. The van der Waals surface area contributed by atoms with Crippen LogP contribution in [-0.2, 0) is 4.74 Å². The highest BCUT2D eigenvalue weighted by atomic mass is 16.5. The SMILES string of the molecule is CCNC(C1CC(C)CC(C)C1)C1(OCC)CCCC1. The monoisotopic (exact) mass is 281 g/mol. The van der Waals surface area contributed by atoms with Crippen LogP contribution in [0.1, 0.15) is 72.6 Å². The largest absolute Gasteiger partial charge is 0.374 e. The van der Waals surface area contributed by atoms with Crippen LogP contribution in [0.3, 0.4) is 0 Å². The third-order valence-electron chi connectivity index (χ3n) is 5.56. The van der Waals surface area contributed by atoms with Crippen LogP contribution in [-0.4, -0.2) is 24.8 Å². The van der Waals surface area contributed by atoms with Gasteiger partial charge < -0.3 is 10.1 Å². The van der Waals surface area contributed by atoms with E-state index < -0.39 is 0 Å². The third kappa shape index (κ3) is 3.57. The zero-order valence-corrected chi connectivity index (χ0v) is 14.1. The number of hydrogen-bond acceptors (Lipinski definition) is 2. The summed E-state index contributed by atoms with van der Waals surface area (Å²) in [6.45, 7) is 11.2. The molecule has 0 spiro atoms. The van der Waals surface area contributed by atoms with Gasteiger partial charge in [0.1, 0.15) is 0 Å². The fourth-order valence-electron chi connectivity index (χ4n) is 5.09.